The molecule has 202 valence electrons. The summed E-state index contributed by atoms with van der Waals surface area (Å²) in [6.45, 7) is 13.3. The highest BCUT2D eigenvalue weighted by Crippen LogP contribution is 2.62. The van der Waals surface area contributed by atoms with Crippen LogP contribution in [0.4, 0.5) is 0 Å². The molecule has 4 fully saturated rings. The van der Waals surface area contributed by atoms with Gasteiger partial charge in [0.25, 0.3) is 0 Å². The van der Waals surface area contributed by atoms with Crippen molar-refractivity contribution in [2.75, 3.05) is 0 Å². The highest BCUT2D eigenvalue weighted by atomic mass is 32.1. The molecule has 4 saturated carbocycles. The zero-order valence-electron chi connectivity index (χ0n) is 23.0. The Morgan fingerprint density at radius 3 is 2.62 bits per heavy atom. The minimum Gasteiger partial charge on any atom is -0.393 e. The van der Waals surface area contributed by atoms with Crippen LogP contribution in [-0.4, -0.2) is 38.6 Å². The maximum absolute atomic E-state index is 11.2. The van der Waals surface area contributed by atoms with Gasteiger partial charge in [0.2, 0.25) is 0 Å². The predicted molar refractivity (Wildman–Crippen MR) is 151 cm³/mol. The van der Waals surface area contributed by atoms with Crippen molar-refractivity contribution < 1.29 is 15.3 Å². The van der Waals surface area contributed by atoms with Gasteiger partial charge in [-0.25, -0.2) is 4.98 Å². The third kappa shape index (κ3) is 4.97. The van der Waals surface area contributed by atoms with Gasteiger partial charge in [0.1, 0.15) is 5.01 Å². The largest absolute Gasteiger partial charge is 0.393 e. The molecular formula is C32H45NO3S. The summed E-state index contributed by atoms with van der Waals surface area (Å²) in [5.74, 6) is 1.11. The van der Waals surface area contributed by atoms with Crippen molar-refractivity contribution in [2.45, 2.75) is 109 Å². The van der Waals surface area contributed by atoms with Crippen molar-refractivity contribution in [1.82, 2.24) is 4.98 Å². The minimum atomic E-state index is -0.641. The Balaban J connectivity index is 1.33. The van der Waals surface area contributed by atoms with E-state index in [9.17, 15) is 15.3 Å². The van der Waals surface area contributed by atoms with E-state index in [0.717, 1.165) is 41.1 Å². The lowest BCUT2D eigenvalue weighted by Crippen LogP contribution is -2.39. The minimum absolute atomic E-state index is 0.00779. The molecule has 0 unspecified atom stereocenters. The zero-order chi connectivity index (χ0) is 26.6. The van der Waals surface area contributed by atoms with Gasteiger partial charge in [-0.1, -0.05) is 57.2 Å². The van der Waals surface area contributed by atoms with Crippen LogP contribution in [0.2, 0.25) is 0 Å². The van der Waals surface area contributed by atoms with Gasteiger partial charge in [0.05, 0.1) is 23.7 Å². The first-order valence-electron chi connectivity index (χ1n) is 14.2. The Kier molecular flexibility index (Phi) is 7.23. The van der Waals surface area contributed by atoms with E-state index in [0.29, 0.717) is 24.7 Å². The molecule has 0 saturated heterocycles. The third-order valence-corrected chi connectivity index (χ3v) is 11.4. The van der Waals surface area contributed by atoms with Crippen molar-refractivity contribution in [3.63, 3.8) is 0 Å². The van der Waals surface area contributed by atoms with E-state index in [-0.39, 0.29) is 16.2 Å². The maximum Gasteiger partial charge on any atom is 0.102 e. The number of nitrogens with zero attached hydrogens (tertiary/aromatic N) is 1. The summed E-state index contributed by atoms with van der Waals surface area (Å²) in [6, 6.07) is 0. The Labute approximate surface area is 226 Å². The first kappa shape index (κ1) is 27.1. The summed E-state index contributed by atoms with van der Waals surface area (Å²) in [5.41, 5.74) is 4.36. The molecule has 4 aliphatic rings. The van der Waals surface area contributed by atoms with Gasteiger partial charge >= 0.3 is 0 Å². The molecule has 6 atom stereocenters. The number of aromatic nitrogens is 1. The number of rotatable bonds is 6. The summed E-state index contributed by atoms with van der Waals surface area (Å²) >= 11 is 1.69. The molecule has 0 radical (unpaired) electrons. The Morgan fingerprint density at radius 2 is 1.95 bits per heavy atom. The van der Waals surface area contributed by atoms with E-state index >= 15 is 0 Å². The highest BCUT2D eigenvalue weighted by Gasteiger charge is 2.54. The third-order valence-electron chi connectivity index (χ3n) is 10.2. The fraction of sp³-hybridized carbons (Fsp3) is 0.656. The number of aryl methyl sites for hydroxylation is 1. The van der Waals surface area contributed by atoms with E-state index in [2.05, 4.69) is 57.0 Å². The molecule has 5 rings (SSSR count). The van der Waals surface area contributed by atoms with E-state index in [1.165, 1.54) is 31.3 Å². The quantitative estimate of drug-likeness (QED) is 0.369. The number of thiazole rings is 1. The van der Waals surface area contributed by atoms with E-state index < -0.39 is 18.3 Å². The molecule has 1 heterocycles. The second-order valence-corrected chi connectivity index (χ2v) is 14.0. The van der Waals surface area contributed by atoms with Crippen LogP contribution >= 0.6 is 11.3 Å². The predicted octanol–water partition coefficient (Wildman–Crippen LogP) is 6.57. The smallest absolute Gasteiger partial charge is 0.102 e. The molecule has 0 aromatic carbocycles. The number of aliphatic hydroxyl groups excluding tert-OH is 3. The van der Waals surface area contributed by atoms with Crippen LogP contribution in [0, 0.1) is 29.6 Å². The number of allylic oxidation sites excluding steroid dienone is 4. The van der Waals surface area contributed by atoms with Gasteiger partial charge in [0, 0.05) is 17.5 Å². The molecule has 0 amide bonds. The summed E-state index contributed by atoms with van der Waals surface area (Å²) < 4.78 is 0. The standard InChI is InChI=1S/C32H45NO3S/c1-20-19-37-29(33-20)32(15-16-32)28(36)12-14-30(3,4)27-11-10-25-22(7-6-13-31(25,27)5)8-9-23-17-24(34)18-26(35)21(23)2/h8-9,12,14,19,24-28,34-36H,2,6-7,10-11,13,15-18H2,1,3-5H3/t24-,25+,26+,27-,28-,31+/m1/s1. The van der Waals surface area contributed by atoms with E-state index in [4.69, 9.17) is 4.98 Å². The normalized spacial score (nSPS) is 36.9. The van der Waals surface area contributed by atoms with Crippen molar-refractivity contribution in [3.8, 4) is 0 Å². The van der Waals surface area contributed by atoms with Crippen molar-refractivity contribution in [2.24, 2.45) is 22.7 Å². The van der Waals surface area contributed by atoms with Gasteiger partial charge in [-0.3, -0.25) is 0 Å². The number of aliphatic hydroxyl groups is 3. The Hall–Kier alpha value is -1.53. The highest BCUT2D eigenvalue weighted by molar-refractivity contribution is 7.09. The number of hydrogen-bond acceptors (Lipinski definition) is 5. The molecule has 4 aliphatic carbocycles. The number of fused-ring (bicyclic) bond motifs is 1. The SMILES string of the molecule is C=C1C(=CC=C2CCC[C@]3(C)[C@@H](C(C)(C)C=C[C@@H](O)C4(c5nc(C)cs5)CC4)CC[C@@H]23)C[C@@H](O)C[C@@H]1O. The average Bonchev–Trinajstić information content (AvgIpc) is 3.40. The van der Waals surface area contributed by atoms with Crippen molar-refractivity contribution in [3.05, 3.63) is 63.7 Å². The monoisotopic (exact) mass is 523 g/mol. The first-order valence-corrected chi connectivity index (χ1v) is 15.1. The molecule has 0 spiro atoms. The Morgan fingerprint density at radius 1 is 1.19 bits per heavy atom. The van der Waals surface area contributed by atoms with Gasteiger partial charge in [-0.2, -0.15) is 0 Å². The lowest BCUT2D eigenvalue weighted by molar-refractivity contribution is 0.0706. The van der Waals surface area contributed by atoms with Crippen LogP contribution in [-0.2, 0) is 5.41 Å². The summed E-state index contributed by atoms with van der Waals surface area (Å²) in [7, 11) is 0. The first-order chi connectivity index (χ1) is 17.5. The second kappa shape index (κ2) is 9.89. The molecular weight excluding hydrogens is 478 g/mol. The van der Waals surface area contributed by atoms with Crippen LogP contribution in [0.3, 0.4) is 0 Å². The van der Waals surface area contributed by atoms with Gasteiger partial charge < -0.3 is 15.3 Å². The van der Waals surface area contributed by atoms with E-state index in [1.54, 1.807) is 11.3 Å². The van der Waals surface area contributed by atoms with Crippen LogP contribution in [0.15, 0.2) is 53.0 Å². The molecule has 0 bridgehead atoms. The molecule has 1 aromatic rings. The van der Waals surface area contributed by atoms with Crippen LogP contribution in [0.25, 0.3) is 0 Å². The van der Waals surface area contributed by atoms with Crippen LogP contribution in [0.1, 0.15) is 89.3 Å². The topological polar surface area (TPSA) is 73.6 Å². The number of hydrogen-bond donors (Lipinski definition) is 3. The molecule has 5 heteroatoms. The summed E-state index contributed by atoms with van der Waals surface area (Å²) in [5, 5.41) is 34.8. The maximum atomic E-state index is 11.2. The lowest BCUT2D eigenvalue weighted by Gasteiger charge is -2.47. The van der Waals surface area contributed by atoms with E-state index in [1.807, 2.05) is 6.92 Å². The molecule has 0 aliphatic heterocycles. The average molecular weight is 524 g/mol. The van der Waals surface area contributed by atoms with Crippen LogP contribution in [0.5, 0.6) is 0 Å². The Bertz CT molecular complexity index is 1120. The van der Waals surface area contributed by atoms with Crippen molar-refractivity contribution >= 4 is 11.3 Å². The summed E-state index contributed by atoms with van der Waals surface area (Å²) in [6.07, 6.45) is 16.1. The molecule has 1 aromatic heterocycles. The molecule has 37 heavy (non-hydrogen) atoms. The van der Waals surface area contributed by atoms with Crippen molar-refractivity contribution in [1.29, 1.82) is 0 Å². The molecule has 3 N–H and O–H groups in total. The van der Waals surface area contributed by atoms with Gasteiger partial charge in [-0.05, 0) is 92.1 Å². The van der Waals surface area contributed by atoms with Crippen LogP contribution < -0.4 is 0 Å². The summed E-state index contributed by atoms with van der Waals surface area (Å²) in [4.78, 5) is 4.71. The zero-order valence-corrected chi connectivity index (χ0v) is 23.9. The van der Waals surface area contributed by atoms with Gasteiger partial charge in [0.15, 0.2) is 0 Å². The lowest BCUT2D eigenvalue weighted by atomic mass is 9.57. The fourth-order valence-electron chi connectivity index (χ4n) is 7.92. The fourth-order valence-corrected chi connectivity index (χ4v) is 9.01. The van der Waals surface area contributed by atoms with Gasteiger partial charge in [-0.15, -0.1) is 11.3 Å². The second-order valence-electron chi connectivity index (χ2n) is 13.2. The molecule has 4 nitrogen and oxygen atoms in total.